The molecule has 0 amide bonds. The number of hydrogen-bond donors (Lipinski definition) is 3. The van der Waals surface area contributed by atoms with Gasteiger partial charge in [-0.3, -0.25) is 4.99 Å². The molecule has 0 aliphatic rings. The number of guanidine groups is 1. The molecule has 23 heavy (non-hydrogen) atoms. The van der Waals surface area contributed by atoms with E-state index < -0.39 is 6.10 Å². The van der Waals surface area contributed by atoms with Gasteiger partial charge in [-0.15, -0.1) is 24.0 Å². The van der Waals surface area contributed by atoms with E-state index in [0.717, 1.165) is 23.8 Å². The Labute approximate surface area is 156 Å². The third kappa shape index (κ3) is 7.87. The smallest absolute Gasteiger partial charge is 0.191 e. The topological polar surface area (TPSA) is 65.9 Å². The number of aliphatic hydroxyl groups is 1. The molecule has 0 heterocycles. The van der Waals surface area contributed by atoms with Gasteiger partial charge in [-0.25, -0.2) is 0 Å². The van der Waals surface area contributed by atoms with Crippen molar-refractivity contribution in [3.8, 4) is 5.75 Å². The summed E-state index contributed by atoms with van der Waals surface area (Å²) in [4.78, 5) is 4.47. The number of nitrogens with one attached hydrogen (secondary N) is 2. The number of ether oxygens (including phenoxy) is 1. The third-order valence-electron chi connectivity index (χ3n) is 3.61. The highest BCUT2D eigenvalue weighted by Crippen LogP contribution is 2.19. The second kappa shape index (κ2) is 11.5. The van der Waals surface area contributed by atoms with Gasteiger partial charge >= 0.3 is 0 Å². The minimum absolute atomic E-state index is 0. The molecule has 1 rings (SSSR count). The van der Waals surface area contributed by atoms with Crippen LogP contribution in [-0.4, -0.2) is 37.3 Å². The van der Waals surface area contributed by atoms with Gasteiger partial charge in [0.2, 0.25) is 0 Å². The lowest BCUT2D eigenvalue weighted by atomic mass is 10.1. The lowest BCUT2D eigenvalue weighted by molar-refractivity contribution is 0.186. The Bertz CT molecular complexity index is 481. The van der Waals surface area contributed by atoms with E-state index in [1.807, 2.05) is 31.2 Å². The van der Waals surface area contributed by atoms with E-state index in [1.165, 1.54) is 0 Å². The highest BCUT2D eigenvalue weighted by atomic mass is 127. The van der Waals surface area contributed by atoms with Crippen LogP contribution in [0.1, 0.15) is 39.4 Å². The first kappa shape index (κ1) is 22.0. The van der Waals surface area contributed by atoms with Crippen molar-refractivity contribution in [1.29, 1.82) is 0 Å². The summed E-state index contributed by atoms with van der Waals surface area (Å²) in [6.45, 7) is 9.55. The normalized spacial score (nSPS) is 14.0. The zero-order chi connectivity index (χ0) is 16.5. The fraction of sp³-hybridized carbons (Fsp3) is 0.588. The average Bonchev–Trinajstić information content (AvgIpc) is 2.52. The van der Waals surface area contributed by atoms with E-state index in [4.69, 9.17) is 4.74 Å². The molecule has 0 fully saturated rings. The fourth-order valence-electron chi connectivity index (χ4n) is 1.83. The van der Waals surface area contributed by atoms with Crippen molar-refractivity contribution in [3.63, 3.8) is 0 Å². The van der Waals surface area contributed by atoms with Gasteiger partial charge in [0.05, 0.1) is 19.8 Å². The van der Waals surface area contributed by atoms with Gasteiger partial charge < -0.3 is 20.5 Å². The highest BCUT2D eigenvalue weighted by Gasteiger charge is 2.11. The number of methoxy groups -OCH3 is 1. The Morgan fingerprint density at radius 3 is 2.57 bits per heavy atom. The molecular formula is C17H30IN3O2. The Balaban J connectivity index is 0.00000484. The van der Waals surface area contributed by atoms with Crippen LogP contribution in [0.15, 0.2) is 29.3 Å². The highest BCUT2D eigenvalue weighted by molar-refractivity contribution is 14.0. The third-order valence-corrected chi connectivity index (χ3v) is 3.61. The number of aliphatic hydroxyl groups excluding tert-OH is 1. The first-order valence-corrected chi connectivity index (χ1v) is 7.84. The van der Waals surface area contributed by atoms with Crippen molar-refractivity contribution in [1.82, 2.24) is 10.6 Å². The minimum atomic E-state index is -0.653. The van der Waals surface area contributed by atoms with Crippen LogP contribution in [0.5, 0.6) is 5.75 Å². The molecule has 132 valence electrons. The molecule has 5 nitrogen and oxygen atoms in total. The molecule has 6 heteroatoms. The van der Waals surface area contributed by atoms with E-state index >= 15 is 0 Å². The maximum atomic E-state index is 10.3. The molecule has 0 aliphatic carbocycles. The largest absolute Gasteiger partial charge is 0.497 e. The molecule has 0 aromatic heterocycles. The van der Waals surface area contributed by atoms with Crippen molar-refractivity contribution in [3.05, 3.63) is 29.8 Å². The summed E-state index contributed by atoms with van der Waals surface area (Å²) in [5.41, 5.74) is 0.802. The standard InChI is InChI=1S/C17H29N3O2.HI/c1-6-18-17(20-13(4)12(2)3)19-11-16(21)14-8-7-9-15(10-14)22-5;/h7-10,12-13,16,21H,6,11H2,1-5H3,(H2,18,19,20);1H. The Hall–Kier alpha value is -1.02. The first-order chi connectivity index (χ1) is 10.5. The van der Waals surface area contributed by atoms with E-state index in [2.05, 4.69) is 36.4 Å². The number of nitrogens with zero attached hydrogens (tertiary/aromatic N) is 1. The monoisotopic (exact) mass is 435 g/mol. The van der Waals surface area contributed by atoms with Crippen LogP contribution in [0.3, 0.4) is 0 Å². The Kier molecular flexibility index (Phi) is 11.0. The zero-order valence-corrected chi connectivity index (χ0v) is 17.0. The van der Waals surface area contributed by atoms with Gasteiger partial charge in [-0.2, -0.15) is 0 Å². The molecule has 3 N–H and O–H groups in total. The van der Waals surface area contributed by atoms with Crippen LogP contribution in [0.4, 0.5) is 0 Å². The van der Waals surface area contributed by atoms with Gasteiger partial charge in [0, 0.05) is 12.6 Å². The number of hydrogen-bond acceptors (Lipinski definition) is 3. The summed E-state index contributed by atoms with van der Waals surface area (Å²) in [6, 6.07) is 7.74. The minimum Gasteiger partial charge on any atom is -0.497 e. The fourth-order valence-corrected chi connectivity index (χ4v) is 1.83. The molecule has 2 unspecified atom stereocenters. The first-order valence-electron chi connectivity index (χ1n) is 7.84. The van der Waals surface area contributed by atoms with Crippen LogP contribution in [-0.2, 0) is 0 Å². The van der Waals surface area contributed by atoms with Crippen LogP contribution >= 0.6 is 24.0 Å². The Morgan fingerprint density at radius 2 is 2.00 bits per heavy atom. The van der Waals surface area contributed by atoms with Crippen molar-refractivity contribution in [2.75, 3.05) is 20.2 Å². The summed E-state index contributed by atoms with van der Waals surface area (Å²) in [6.07, 6.45) is -0.653. The van der Waals surface area contributed by atoms with E-state index in [-0.39, 0.29) is 24.0 Å². The molecular weight excluding hydrogens is 405 g/mol. The lowest BCUT2D eigenvalue weighted by Gasteiger charge is -2.21. The number of aliphatic imine (C=N–C) groups is 1. The molecule has 1 aromatic carbocycles. The zero-order valence-electron chi connectivity index (χ0n) is 14.7. The lowest BCUT2D eigenvalue weighted by Crippen LogP contribution is -2.44. The van der Waals surface area contributed by atoms with Gasteiger partial charge in [-0.1, -0.05) is 26.0 Å². The molecule has 0 bridgehead atoms. The molecule has 0 spiro atoms. The van der Waals surface area contributed by atoms with Crippen molar-refractivity contribution >= 4 is 29.9 Å². The maximum Gasteiger partial charge on any atom is 0.191 e. The summed E-state index contributed by atoms with van der Waals surface area (Å²) in [5.74, 6) is 1.97. The van der Waals surface area contributed by atoms with E-state index in [0.29, 0.717) is 18.5 Å². The molecule has 2 atom stereocenters. The van der Waals surface area contributed by atoms with Gasteiger partial charge in [0.1, 0.15) is 5.75 Å². The maximum absolute atomic E-state index is 10.3. The van der Waals surface area contributed by atoms with Crippen molar-refractivity contribution < 1.29 is 9.84 Å². The Morgan fingerprint density at radius 1 is 1.30 bits per heavy atom. The van der Waals surface area contributed by atoms with Crippen LogP contribution in [0.2, 0.25) is 0 Å². The van der Waals surface area contributed by atoms with Crippen molar-refractivity contribution in [2.24, 2.45) is 10.9 Å². The molecule has 1 aromatic rings. The number of rotatable bonds is 7. The number of benzene rings is 1. The SMILES string of the molecule is CCNC(=NCC(O)c1cccc(OC)c1)NC(C)C(C)C.I. The van der Waals surface area contributed by atoms with Gasteiger partial charge in [-0.05, 0) is 37.5 Å². The van der Waals surface area contributed by atoms with E-state index in [1.54, 1.807) is 7.11 Å². The molecule has 0 saturated heterocycles. The van der Waals surface area contributed by atoms with Crippen LogP contribution in [0.25, 0.3) is 0 Å². The summed E-state index contributed by atoms with van der Waals surface area (Å²) < 4.78 is 5.18. The molecule has 0 aliphatic heterocycles. The summed E-state index contributed by atoms with van der Waals surface area (Å²) >= 11 is 0. The van der Waals surface area contributed by atoms with Crippen molar-refractivity contribution in [2.45, 2.75) is 39.8 Å². The average molecular weight is 435 g/mol. The van der Waals surface area contributed by atoms with Crippen LogP contribution < -0.4 is 15.4 Å². The molecule has 0 radical (unpaired) electrons. The van der Waals surface area contributed by atoms with Crippen LogP contribution in [0, 0.1) is 5.92 Å². The molecule has 0 saturated carbocycles. The quantitative estimate of drug-likeness (QED) is 0.350. The predicted octanol–water partition coefficient (Wildman–Crippen LogP) is 2.95. The number of halogens is 1. The second-order valence-electron chi connectivity index (χ2n) is 5.69. The predicted molar refractivity (Wildman–Crippen MR) is 107 cm³/mol. The second-order valence-corrected chi connectivity index (χ2v) is 5.69. The van der Waals surface area contributed by atoms with E-state index in [9.17, 15) is 5.11 Å². The van der Waals surface area contributed by atoms with Gasteiger partial charge in [0.15, 0.2) is 5.96 Å². The summed E-state index contributed by atoms with van der Waals surface area (Å²) in [5, 5.41) is 16.8. The van der Waals surface area contributed by atoms with Gasteiger partial charge in [0.25, 0.3) is 0 Å². The summed E-state index contributed by atoms with van der Waals surface area (Å²) in [7, 11) is 1.62.